The number of carbonyl (C=O) groups excluding carboxylic acids is 1. The molecule has 8 nitrogen and oxygen atoms in total. The van der Waals surface area contributed by atoms with Crippen LogP contribution in [0, 0.1) is 17.2 Å². The van der Waals surface area contributed by atoms with Crippen LogP contribution in [-0.4, -0.2) is 55.6 Å². The second-order valence-electron chi connectivity index (χ2n) is 11.2. The maximum atomic E-state index is 14.4. The molecule has 1 saturated heterocycles. The number of hydrogen-bond acceptors (Lipinski definition) is 7. The maximum Gasteiger partial charge on any atom is 0.463 e. The van der Waals surface area contributed by atoms with Gasteiger partial charge in [0.15, 0.2) is 9.84 Å². The van der Waals surface area contributed by atoms with Crippen molar-refractivity contribution in [2.45, 2.75) is 73.8 Å². The van der Waals surface area contributed by atoms with Crippen molar-refractivity contribution in [2.24, 2.45) is 5.92 Å². The van der Waals surface area contributed by atoms with Crippen molar-refractivity contribution < 1.29 is 39.6 Å². The van der Waals surface area contributed by atoms with E-state index in [0.717, 1.165) is 0 Å². The average Bonchev–Trinajstić information content (AvgIpc) is 3.30. The summed E-state index contributed by atoms with van der Waals surface area (Å²) in [5.41, 5.74) is -0.306. The first-order valence-corrected chi connectivity index (χ1v) is 15.3. The molecular formula is C27H29F5N4O4S. The summed E-state index contributed by atoms with van der Waals surface area (Å²) >= 11 is 0. The molecule has 1 N–H and O–H groups in total. The number of halogens is 5. The van der Waals surface area contributed by atoms with Crippen LogP contribution < -0.4 is 10.2 Å². The zero-order valence-electron chi connectivity index (χ0n) is 22.2. The lowest BCUT2D eigenvalue weighted by Crippen LogP contribution is -2.42. The first-order chi connectivity index (χ1) is 19.1. The fourth-order valence-corrected chi connectivity index (χ4v) is 6.65. The molecule has 3 atom stereocenters. The Morgan fingerprint density at radius 2 is 1.78 bits per heavy atom. The van der Waals surface area contributed by atoms with Gasteiger partial charge >= 0.3 is 12.1 Å². The number of benzene rings is 1. The van der Waals surface area contributed by atoms with Gasteiger partial charge in [-0.05, 0) is 44.2 Å². The van der Waals surface area contributed by atoms with E-state index in [4.69, 9.17) is 4.42 Å². The molecule has 1 amide bonds. The number of amides is 1. The zero-order chi connectivity index (χ0) is 29.8. The minimum absolute atomic E-state index is 0.211. The van der Waals surface area contributed by atoms with Crippen molar-refractivity contribution in [3.63, 3.8) is 0 Å². The molecule has 2 heterocycles. The maximum absolute atomic E-state index is 14.4. The van der Waals surface area contributed by atoms with E-state index in [2.05, 4.69) is 16.4 Å². The number of rotatable bonds is 7. The number of anilines is 1. The molecule has 1 aromatic heterocycles. The predicted molar refractivity (Wildman–Crippen MR) is 138 cm³/mol. The van der Waals surface area contributed by atoms with E-state index >= 15 is 0 Å². The van der Waals surface area contributed by atoms with Crippen LogP contribution in [0.25, 0.3) is 11.3 Å². The largest absolute Gasteiger partial charge is 0.463 e. The van der Waals surface area contributed by atoms with Gasteiger partial charge in [0, 0.05) is 42.4 Å². The molecule has 222 valence electrons. The first kappa shape index (κ1) is 29.3. The van der Waals surface area contributed by atoms with Crippen molar-refractivity contribution in [1.82, 2.24) is 10.3 Å². The summed E-state index contributed by atoms with van der Waals surface area (Å²) in [6.45, 7) is 0.760. The van der Waals surface area contributed by atoms with Gasteiger partial charge in [-0.3, -0.25) is 4.79 Å². The highest BCUT2D eigenvalue weighted by molar-refractivity contribution is 7.91. The van der Waals surface area contributed by atoms with Crippen molar-refractivity contribution in [2.75, 3.05) is 24.2 Å². The molecule has 41 heavy (non-hydrogen) atoms. The molecule has 3 fully saturated rings. The smallest absolute Gasteiger partial charge is 0.439 e. The van der Waals surface area contributed by atoms with E-state index in [1.54, 1.807) is 12.1 Å². The lowest BCUT2D eigenvalue weighted by Gasteiger charge is -2.30. The Balaban J connectivity index is 1.50. The van der Waals surface area contributed by atoms with Crippen molar-refractivity contribution >= 4 is 21.4 Å². The Kier molecular flexibility index (Phi) is 7.33. The fraction of sp³-hybridized carbons (Fsp3) is 0.593. The van der Waals surface area contributed by atoms with Gasteiger partial charge in [0.25, 0.3) is 5.89 Å². The van der Waals surface area contributed by atoms with Crippen LogP contribution in [0.2, 0.25) is 0 Å². The van der Waals surface area contributed by atoms with Gasteiger partial charge in [-0.25, -0.2) is 13.4 Å². The van der Waals surface area contributed by atoms with Crippen LogP contribution >= 0.6 is 0 Å². The van der Waals surface area contributed by atoms with Gasteiger partial charge in [-0.1, -0.05) is 25.0 Å². The number of aromatic nitrogens is 1. The molecule has 2 aliphatic carbocycles. The number of nitrogens with zero attached hydrogens (tertiary/aromatic N) is 3. The summed E-state index contributed by atoms with van der Waals surface area (Å²) < 4.78 is 97.8. The van der Waals surface area contributed by atoms with Crippen molar-refractivity contribution in [3.8, 4) is 17.3 Å². The highest BCUT2D eigenvalue weighted by atomic mass is 32.2. The predicted octanol–water partition coefficient (Wildman–Crippen LogP) is 5.07. The zero-order valence-corrected chi connectivity index (χ0v) is 23.0. The molecule has 2 saturated carbocycles. The van der Waals surface area contributed by atoms with Crippen LogP contribution in [0.1, 0.15) is 62.5 Å². The molecule has 1 aliphatic heterocycles. The quantitative estimate of drug-likeness (QED) is 0.442. The number of alkyl halides is 5. The van der Waals surface area contributed by atoms with Crippen molar-refractivity contribution in [3.05, 3.63) is 35.9 Å². The van der Waals surface area contributed by atoms with E-state index in [0.29, 0.717) is 57.2 Å². The Morgan fingerprint density at radius 3 is 2.34 bits per heavy atom. The van der Waals surface area contributed by atoms with Gasteiger partial charge in [0.05, 0.1) is 11.3 Å². The molecule has 0 radical (unpaired) electrons. The topological polar surface area (TPSA) is 116 Å². The SMILES string of the molecule is CS(=O)(=O)C1CCN(c2ccc(-c3nc(C(F)(F)C(F)(F)F)oc3[C@@H]3CCCC[C@H]3C(=O)NC3(C#N)CC3)cc2)C1. The molecule has 0 spiro atoms. The third-order valence-corrected chi connectivity index (χ3v) is 9.90. The third-order valence-electron chi connectivity index (χ3n) is 8.30. The van der Waals surface area contributed by atoms with E-state index in [1.807, 2.05) is 4.90 Å². The summed E-state index contributed by atoms with van der Waals surface area (Å²) in [6.07, 6.45) is -1.48. The summed E-state index contributed by atoms with van der Waals surface area (Å²) in [7, 11) is -3.24. The van der Waals surface area contributed by atoms with E-state index in [9.17, 15) is 40.4 Å². The molecule has 14 heteroatoms. The number of nitrogens with one attached hydrogen (secondary N) is 1. The fourth-order valence-electron chi connectivity index (χ4n) is 5.66. The van der Waals surface area contributed by atoms with Crippen LogP contribution in [0.15, 0.2) is 28.7 Å². The lowest BCUT2D eigenvalue weighted by atomic mass is 9.76. The first-order valence-electron chi connectivity index (χ1n) is 13.4. The van der Waals surface area contributed by atoms with Crippen LogP contribution in [0.5, 0.6) is 0 Å². The minimum atomic E-state index is -5.95. The molecular weight excluding hydrogens is 571 g/mol. The minimum Gasteiger partial charge on any atom is -0.439 e. The highest BCUT2D eigenvalue weighted by Crippen LogP contribution is 2.49. The number of oxazole rings is 1. The third kappa shape index (κ3) is 5.65. The molecule has 0 bridgehead atoms. The Hall–Kier alpha value is -3.21. The van der Waals surface area contributed by atoms with Crippen LogP contribution in [0.3, 0.4) is 0 Å². The van der Waals surface area contributed by atoms with Gasteiger partial charge in [0.2, 0.25) is 5.91 Å². The van der Waals surface area contributed by atoms with E-state index < -0.39 is 56.4 Å². The van der Waals surface area contributed by atoms with Gasteiger partial charge in [-0.15, -0.1) is 0 Å². The van der Waals surface area contributed by atoms with E-state index in [1.165, 1.54) is 18.4 Å². The molecule has 3 aliphatic rings. The van der Waals surface area contributed by atoms with Gasteiger partial charge in [0.1, 0.15) is 17.0 Å². The standard InChI is InChI=1S/C27H29F5N4O4S/c1-41(38,39)18-10-13-36(14-18)17-8-6-16(7-9-17)21-22(40-24(34-21)26(28,29)27(30,31)32)19-4-2-3-5-20(19)23(37)35-25(15-33)11-12-25/h6-9,18-20H,2-5,10-14H2,1H3,(H,35,37)/t18?,19-,20-/m1/s1. The van der Waals surface area contributed by atoms with Gasteiger partial charge in [-0.2, -0.15) is 27.2 Å². The number of sulfone groups is 1. The van der Waals surface area contributed by atoms with Crippen LogP contribution in [0.4, 0.5) is 27.6 Å². The molecule has 5 rings (SSSR count). The average molecular weight is 601 g/mol. The molecule has 1 aromatic carbocycles. The summed E-state index contributed by atoms with van der Waals surface area (Å²) in [5.74, 6) is -9.48. The highest BCUT2D eigenvalue weighted by Gasteiger charge is 2.63. The summed E-state index contributed by atoms with van der Waals surface area (Å²) in [4.78, 5) is 18.7. The Labute approximate surface area is 233 Å². The number of nitriles is 1. The Bertz CT molecular complexity index is 1460. The van der Waals surface area contributed by atoms with Crippen LogP contribution in [-0.2, 0) is 20.6 Å². The van der Waals surface area contributed by atoms with E-state index in [-0.39, 0.29) is 23.6 Å². The lowest BCUT2D eigenvalue weighted by molar-refractivity contribution is -0.297. The summed E-state index contributed by atoms with van der Waals surface area (Å²) in [6, 6.07) is 8.32. The molecule has 1 unspecified atom stereocenters. The van der Waals surface area contributed by atoms with Crippen molar-refractivity contribution in [1.29, 1.82) is 5.26 Å². The number of hydrogen-bond donors (Lipinski definition) is 1. The second-order valence-corrected chi connectivity index (χ2v) is 13.5. The van der Waals surface area contributed by atoms with Gasteiger partial charge < -0.3 is 14.6 Å². The normalized spacial score (nSPS) is 24.6. The number of carbonyl (C=O) groups is 1. The summed E-state index contributed by atoms with van der Waals surface area (Å²) in [5, 5.41) is 11.6. The molecule has 2 aromatic rings. The monoisotopic (exact) mass is 600 g/mol. The Morgan fingerprint density at radius 1 is 1.12 bits per heavy atom. The second kappa shape index (κ2) is 10.3.